The highest BCUT2D eigenvalue weighted by Crippen LogP contribution is 2.64. The minimum atomic E-state index is 0.453. The lowest BCUT2D eigenvalue weighted by Crippen LogP contribution is -2.52. The molecule has 1 nitrogen and oxygen atoms in total. The fourth-order valence-corrected chi connectivity index (χ4v) is 6.17. The van der Waals surface area contributed by atoms with Crippen molar-refractivity contribution in [2.45, 2.75) is 65.2 Å². The van der Waals surface area contributed by atoms with Crippen molar-refractivity contribution in [1.82, 2.24) is 0 Å². The molecule has 1 aromatic carbocycles. The van der Waals surface area contributed by atoms with E-state index < -0.39 is 0 Å². The van der Waals surface area contributed by atoms with Gasteiger partial charge in [0.15, 0.2) is 0 Å². The van der Waals surface area contributed by atoms with Gasteiger partial charge in [0, 0.05) is 0 Å². The summed E-state index contributed by atoms with van der Waals surface area (Å²) in [5.74, 6) is 2.83. The Morgan fingerprint density at radius 1 is 1.10 bits per heavy atom. The monoisotopic (exact) mass is 284 g/mol. The van der Waals surface area contributed by atoms with Gasteiger partial charge in [0.05, 0.1) is 0 Å². The molecule has 1 aromatic rings. The Kier molecular flexibility index (Phi) is 2.78. The van der Waals surface area contributed by atoms with E-state index in [9.17, 15) is 5.11 Å². The van der Waals surface area contributed by atoms with Gasteiger partial charge in [-0.15, -0.1) is 0 Å². The van der Waals surface area contributed by atoms with E-state index in [0.29, 0.717) is 22.5 Å². The van der Waals surface area contributed by atoms with Gasteiger partial charge in [-0.2, -0.15) is 0 Å². The molecular weight excluding hydrogens is 256 g/mol. The SMILES string of the molecule is CC1(C)CC[C@@H]2c3cc(O)ccc3C[C@]3(C)CCC[C@@H]1[C@H]23. The van der Waals surface area contributed by atoms with E-state index in [-0.39, 0.29) is 0 Å². The van der Waals surface area contributed by atoms with E-state index in [0.717, 1.165) is 11.8 Å². The Morgan fingerprint density at radius 3 is 2.71 bits per heavy atom. The molecular formula is C20H28O. The summed E-state index contributed by atoms with van der Waals surface area (Å²) in [6.07, 6.45) is 8.07. The molecule has 0 saturated heterocycles. The Morgan fingerprint density at radius 2 is 1.90 bits per heavy atom. The first kappa shape index (κ1) is 13.7. The maximum Gasteiger partial charge on any atom is 0.115 e. The smallest absolute Gasteiger partial charge is 0.115 e. The highest BCUT2D eigenvalue weighted by Gasteiger charge is 2.55. The van der Waals surface area contributed by atoms with Crippen LogP contribution in [0.3, 0.4) is 0 Å². The summed E-state index contributed by atoms with van der Waals surface area (Å²) in [7, 11) is 0. The van der Waals surface area contributed by atoms with Crippen LogP contribution in [-0.2, 0) is 6.42 Å². The fourth-order valence-electron chi connectivity index (χ4n) is 6.17. The second-order valence-corrected chi connectivity index (χ2v) is 8.87. The normalized spacial score (nSPS) is 40.2. The van der Waals surface area contributed by atoms with E-state index in [1.54, 1.807) is 0 Å². The summed E-state index contributed by atoms with van der Waals surface area (Å²) < 4.78 is 0. The van der Waals surface area contributed by atoms with Crippen molar-refractivity contribution in [3.8, 4) is 5.75 Å². The largest absolute Gasteiger partial charge is 0.508 e. The average Bonchev–Trinajstić information content (AvgIpc) is 2.42. The average molecular weight is 284 g/mol. The summed E-state index contributed by atoms with van der Waals surface area (Å²) in [6, 6.07) is 6.15. The number of phenols is 1. The quantitative estimate of drug-likeness (QED) is 0.687. The van der Waals surface area contributed by atoms with Crippen LogP contribution in [-0.4, -0.2) is 5.11 Å². The number of rotatable bonds is 0. The van der Waals surface area contributed by atoms with Gasteiger partial charge in [0.1, 0.15) is 5.75 Å². The minimum Gasteiger partial charge on any atom is -0.508 e. The molecule has 4 atom stereocenters. The number of aromatic hydroxyl groups is 1. The van der Waals surface area contributed by atoms with Crippen LogP contribution in [0, 0.1) is 22.7 Å². The molecule has 2 saturated carbocycles. The summed E-state index contributed by atoms with van der Waals surface area (Å²) in [6.45, 7) is 7.54. The van der Waals surface area contributed by atoms with E-state index in [4.69, 9.17) is 0 Å². The predicted octanol–water partition coefficient (Wildman–Crippen LogP) is 5.27. The molecule has 21 heavy (non-hydrogen) atoms. The van der Waals surface area contributed by atoms with Crippen molar-refractivity contribution in [3.05, 3.63) is 29.3 Å². The molecule has 1 N–H and O–H groups in total. The van der Waals surface area contributed by atoms with Gasteiger partial charge in [-0.25, -0.2) is 0 Å². The Hall–Kier alpha value is -0.980. The number of hydrogen-bond acceptors (Lipinski definition) is 1. The van der Waals surface area contributed by atoms with E-state index >= 15 is 0 Å². The molecule has 3 aliphatic carbocycles. The van der Waals surface area contributed by atoms with Crippen molar-refractivity contribution >= 4 is 0 Å². The summed E-state index contributed by atoms with van der Waals surface area (Å²) in [5.41, 5.74) is 3.96. The van der Waals surface area contributed by atoms with Crippen LogP contribution in [0.5, 0.6) is 5.75 Å². The van der Waals surface area contributed by atoms with Crippen LogP contribution >= 0.6 is 0 Å². The molecule has 0 heterocycles. The molecule has 0 aliphatic heterocycles. The second kappa shape index (κ2) is 4.27. The van der Waals surface area contributed by atoms with Crippen molar-refractivity contribution < 1.29 is 5.11 Å². The molecule has 1 heteroatoms. The zero-order valence-electron chi connectivity index (χ0n) is 13.7. The Bertz CT molecular complexity index is 573. The third-order valence-electron chi connectivity index (χ3n) is 7.16. The molecule has 0 spiro atoms. The van der Waals surface area contributed by atoms with Gasteiger partial charge >= 0.3 is 0 Å². The van der Waals surface area contributed by atoms with Crippen molar-refractivity contribution in [2.24, 2.45) is 22.7 Å². The van der Waals surface area contributed by atoms with E-state index in [2.05, 4.69) is 32.9 Å². The van der Waals surface area contributed by atoms with Crippen molar-refractivity contribution in [2.75, 3.05) is 0 Å². The highest BCUT2D eigenvalue weighted by atomic mass is 16.3. The molecule has 3 aliphatic rings. The molecule has 114 valence electrons. The zero-order chi connectivity index (χ0) is 14.8. The molecule has 4 rings (SSSR count). The lowest BCUT2D eigenvalue weighted by Gasteiger charge is -2.60. The van der Waals surface area contributed by atoms with Crippen LogP contribution in [0.25, 0.3) is 0 Å². The zero-order valence-corrected chi connectivity index (χ0v) is 13.7. The molecule has 0 unspecified atom stereocenters. The predicted molar refractivity (Wildman–Crippen MR) is 86.5 cm³/mol. The van der Waals surface area contributed by atoms with E-state index in [1.165, 1.54) is 49.7 Å². The van der Waals surface area contributed by atoms with Gasteiger partial charge in [-0.05, 0) is 83.9 Å². The number of hydrogen-bond donors (Lipinski definition) is 1. The van der Waals surface area contributed by atoms with Crippen LogP contribution in [0.1, 0.15) is 69.9 Å². The first-order valence-electron chi connectivity index (χ1n) is 8.73. The van der Waals surface area contributed by atoms with Crippen LogP contribution < -0.4 is 0 Å². The van der Waals surface area contributed by atoms with Crippen LogP contribution in [0.2, 0.25) is 0 Å². The summed E-state index contributed by atoms with van der Waals surface area (Å²) >= 11 is 0. The summed E-state index contributed by atoms with van der Waals surface area (Å²) in [4.78, 5) is 0. The van der Waals surface area contributed by atoms with E-state index in [1.807, 2.05) is 6.07 Å². The minimum absolute atomic E-state index is 0.453. The lowest BCUT2D eigenvalue weighted by atomic mass is 9.44. The number of benzene rings is 1. The van der Waals surface area contributed by atoms with Crippen LogP contribution in [0.15, 0.2) is 18.2 Å². The molecule has 0 radical (unpaired) electrons. The van der Waals surface area contributed by atoms with Gasteiger partial charge < -0.3 is 5.11 Å². The fraction of sp³-hybridized carbons (Fsp3) is 0.700. The molecule has 0 bridgehead atoms. The third kappa shape index (κ3) is 1.89. The molecule has 2 fully saturated rings. The Balaban J connectivity index is 1.86. The summed E-state index contributed by atoms with van der Waals surface area (Å²) in [5, 5.41) is 9.95. The first-order chi connectivity index (χ1) is 9.91. The molecule has 0 aromatic heterocycles. The lowest BCUT2D eigenvalue weighted by molar-refractivity contribution is -0.0657. The van der Waals surface area contributed by atoms with Crippen molar-refractivity contribution in [3.63, 3.8) is 0 Å². The van der Waals surface area contributed by atoms with Gasteiger partial charge in [0.2, 0.25) is 0 Å². The maximum atomic E-state index is 9.95. The second-order valence-electron chi connectivity index (χ2n) is 8.87. The molecule has 0 amide bonds. The van der Waals surface area contributed by atoms with Crippen LogP contribution in [0.4, 0.5) is 0 Å². The Labute approximate surface area is 128 Å². The van der Waals surface area contributed by atoms with Gasteiger partial charge in [0.25, 0.3) is 0 Å². The third-order valence-corrected chi connectivity index (χ3v) is 7.16. The number of fused-ring (bicyclic) bond motifs is 2. The van der Waals surface area contributed by atoms with Crippen molar-refractivity contribution in [1.29, 1.82) is 0 Å². The standard InChI is InChI=1S/C20H28O/c1-19(2)10-8-15-16-11-14(21)7-6-13(16)12-20(3)9-4-5-17(19)18(15)20/h6-7,11,15,17-18,21H,4-5,8-10,12H2,1-3H3/t15-,17-,18+,20+/m1/s1. The number of phenolic OH excluding ortho intramolecular Hbond substituents is 1. The topological polar surface area (TPSA) is 20.2 Å². The van der Waals surface area contributed by atoms with Gasteiger partial charge in [-0.3, -0.25) is 0 Å². The maximum absolute atomic E-state index is 9.95. The first-order valence-corrected chi connectivity index (χ1v) is 8.73. The van der Waals surface area contributed by atoms with Gasteiger partial charge in [-0.1, -0.05) is 33.3 Å². The highest BCUT2D eigenvalue weighted by molar-refractivity contribution is 5.41.